The number of aryl methyl sites for hydroxylation is 1. The van der Waals surface area contributed by atoms with E-state index in [0.717, 1.165) is 11.1 Å². The molecule has 2 N–H and O–H groups in total. The molecule has 0 aliphatic rings. The van der Waals surface area contributed by atoms with Gasteiger partial charge < -0.3 is 5.11 Å². The van der Waals surface area contributed by atoms with Crippen LogP contribution in [-0.4, -0.2) is 18.5 Å². The first-order valence-electron chi connectivity index (χ1n) is 6.12. The molecule has 6 heteroatoms. The SMILES string of the molecule is Cc1cnccc1CNS(=O)(=O)c1cccc(CO)c1. The quantitative estimate of drug-likeness (QED) is 0.872. The number of hydrogen-bond donors (Lipinski definition) is 2. The Kier molecular flexibility index (Phi) is 4.49. The van der Waals surface area contributed by atoms with Crippen LogP contribution in [0.15, 0.2) is 47.6 Å². The zero-order chi connectivity index (χ0) is 14.6. The van der Waals surface area contributed by atoms with Crippen molar-refractivity contribution >= 4 is 10.0 Å². The Hall–Kier alpha value is -1.76. The number of rotatable bonds is 5. The van der Waals surface area contributed by atoms with Gasteiger partial charge in [-0.1, -0.05) is 12.1 Å². The van der Waals surface area contributed by atoms with Gasteiger partial charge in [0.1, 0.15) is 0 Å². The van der Waals surface area contributed by atoms with Crippen molar-refractivity contribution in [2.75, 3.05) is 0 Å². The minimum absolute atomic E-state index is 0.149. The molecule has 1 heterocycles. The molecule has 0 aliphatic heterocycles. The van der Waals surface area contributed by atoms with E-state index in [1.165, 1.54) is 12.1 Å². The van der Waals surface area contributed by atoms with E-state index in [2.05, 4.69) is 9.71 Å². The topological polar surface area (TPSA) is 79.3 Å². The molecular weight excluding hydrogens is 276 g/mol. The summed E-state index contributed by atoms with van der Waals surface area (Å²) < 4.78 is 26.9. The summed E-state index contributed by atoms with van der Waals surface area (Å²) in [4.78, 5) is 4.11. The first-order valence-corrected chi connectivity index (χ1v) is 7.60. The van der Waals surface area contributed by atoms with Crippen molar-refractivity contribution in [3.63, 3.8) is 0 Å². The predicted molar refractivity (Wildman–Crippen MR) is 75.4 cm³/mol. The second-order valence-corrected chi connectivity index (χ2v) is 6.20. The van der Waals surface area contributed by atoms with Crippen LogP contribution in [0.25, 0.3) is 0 Å². The van der Waals surface area contributed by atoms with Crippen LogP contribution in [0.4, 0.5) is 0 Å². The van der Waals surface area contributed by atoms with Crippen molar-refractivity contribution in [1.29, 1.82) is 0 Å². The number of pyridine rings is 1. The second-order valence-electron chi connectivity index (χ2n) is 4.43. The van der Waals surface area contributed by atoms with Crippen LogP contribution in [-0.2, 0) is 23.2 Å². The van der Waals surface area contributed by atoms with Crippen LogP contribution in [0.2, 0.25) is 0 Å². The molecule has 1 aromatic carbocycles. The number of aromatic nitrogens is 1. The first kappa shape index (κ1) is 14.6. The molecule has 106 valence electrons. The molecular formula is C14H16N2O3S. The molecule has 2 aromatic rings. The summed E-state index contributed by atoms with van der Waals surface area (Å²) in [5, 5.41) is 9.05. The van der Waals surface area contributed by atoms with Gasteiger partial charge in [0.05, 0.1) is 11.5 Å². The number of aliphatic hydroxyl groups excluding tert-OH is 1. The van der Waals surface area contributed by atoms with Crippen LogP contribution in [0.3, 0.4) is 0 Å². The standard InChI is InChI=1S/C14H16N2O3S/c1-11-8-15-6-5-13(11)9-16-20(18,19)14-4-2-3-12(7-14)10-17/h2-8,16-17H,9-10H2,1H3. The Labute approximate surface area is 118 Å². The number of aliphatic hydroxyl groups is 1. The number of benzene rings is 1. The van der Waals surface area contributed by atoms with Gasteiger partial charge in [0, 0.05) is 18.9 Å². The lowest BCUT2D eigenvalue weighted by atomic mass is 10.2. The lowest BCUT2D eigenvalue weighted by Crippen LogP contribution is -2.23. The summed E-state index contributed by atoms with van der Waals surface area (Å²) >= 11 is 0. The normalized spacial score (nSPS) is 11.5. The summed E-state index contributed by atoms with van der Waals surface area (Å²) in [5.41, 5.74) is 2.37. The summed E-state index contributed by atoms with van der Waals surface area (Å²) in [7, 11) is -3.59. The number of sulfonamides is 1. The highest BCUT2D eigenvalue weighted by atomic mass is 32.2. The van der Waals surface area contributed by atoms with Crippen molar-refractivity contribution in [1.82, 2.24) is 9.71 Å². The molecule has 0 amide bonds. The summed E-state index contributed by atoms with van der Waals surface area (Å²) in [5.74, 6) is 0. The second kappa shape index (κ2) is 6.13. The van der Waals surface area contributed by atoms with E-state index in [0.29, 0.717) is 5.56 Å². The van der Waals surface area contributed by atoms with E-state index in [4.69, 9.17) is 5.11 Å². The largest absolute Gasteiger partial charge is 0.392 e. The Morgan fingerprint density at radius 3 is 2.80 bits per heavy atom. The van der Waals surface area contributed by atoms with Crippen molar-refractivity contribution in [2.45, 2.75) is 25.0 Å². The van der Waals surface area contributed by atoms with E-state index in [1.54, 1.807) is 30.6 Å². The number of hydrogen-bond acceptors (Lipinski definition) is 4. The summed E-state index contributed by atoms with van der Waals surface area (Å²) in [6.45, 7) is 1.90. The lowest BCUT2D eigenvalue weighted by Gasteiger charge is -2.09. The van der Waals surface area contributed by atoms with Crippen LogP contribution in [0, 0.1) is 6.92 Å². The van der Waals surface area contributed by atoms with E-state index >= 15 is 0 Å². The molecule has 0 atom stereocenters. The summed E-state index contributed by atoms with van der Waals surface area (Å²) in [6.07, 6.45) is 3.32. The monoisotopic (exact) mass is 292 g/mol. The van der Waals surface area contributed by atoms with Crippen molar-refractivity contribution < 1.29 is 13.5 Å². The van der Waals surface area contributed by atoms with Gasteiger partial charge in [-0.25, -0.2) is 13.1 Å². The average Bonchev–Trinajstić information content (AvgIpc) is 2.46. The fraction of sp³-hybridized carbons (Fsp3) is 0.214. The van der Waals surface area contributed by atoms with Crippen LogP contribution >= 0.6 is 0 Å². The van der Waals surface area contributed by atoms with Gasteiger partial charge in [-0.3, -0.25) is 4.98 Å². The average molecular weight is 292 g/mol. The highest BCUT2D eigenvalue weighted by molar-refractivity contribution is 7.89. The van der Waals surface area contributed by atoms with Gasteiger partial charge in [-0.05, 0) is 41.8 Å². The highest BCUT2D eigenvalue weighted by Crippen LogP contribution is 2.13. The van der Waals surface area contributed by atoms with Gasteiger partial charge in [-0.2, -0.15) is 0 Å². The molecule has 0 unspecified atom stereocenters. The van der Waals surface area contributed by atoms with E-state index in [1.807, 2.05) is 6.92 Å². The molecule has 0 bridgehead atoms. The molecule has 5 nitrogen and oxygen atoms in total. The fourth-order valence-corrected chi connectivity index (χ4v) is 2.84. The van der Waals surface area contributed by atoms with Crippen LogP contribution in [0.1, 0.15) is 16.7 Å². The minimum atomic E-state index is -3.59. The number of nitrogens with zero attached hydrogens (tertiary/aromatic N) is 1. The van der Waals surface area contributed by atoms with E-state index in [-0.39, 0.29) is 18.0 Å². The first-order chi connectivity index (χ1) is 9.53. The third kappa shape index (κ3) is 3.41. The molecule has 1 aromatic heterocycles. The molecule has 0 saturated carbocycles. The van der Waals surface area contributed by atoms with Gasteiger partial charge in [-0.15, -0.1) is 0 Å². The molecule has 0 saturated heterocycles. The van der Waals surface area contributed by atoms with Crippen molar-refractivity contribution in [3.8, 4) is 0 Å². The van der Waals surface area contributed by atoms with Crippen molar-refractivity contribution in [3.05, 3.63) is 59.4 Å². The third-order valence-electron chi connectivity index (χ3n) is 2.98. The molecule has 0 spiro atoms. The van der Waals surface area contributed by atoms with E-state index < -0.39 is 10.0 Å². The van der Waals surface area contributed by atoms with Crippen LogP contribution in [0.5, 0.6) is 0 Å². The minimum Gasteiger partial charge on any atom is -0.392 e. The molecule has 20 heavy (non-hydrogen) atoms. The lowest BCUT2D eigenvalue weighted by molar-refractivity contribution is 0.281. The molecule has 0 fully saturated rings. The predicted octanol–water partition coefficient (Wildman–Crippen LogP) is 1.36. The number of nitrogens with one attached hydrogen (secondary N) is 1. The van der Waals surface area contributed by atoms with Gasteiger partial charge in [0.2, 0.25) is 10.0 Å². The third-order valence-corrected chi connectivity index (χ3v) is 4.38. The Bertz CT molecular complexity index is 699. The Morgan fingerprint density at radius 1 is 1.30 bits per heavy atom. The molecule has 2 rings (SSSR count). The van der Waals surface area contributed by atoms with E-state index in [9.17, 15) is 8.42 Å². The van der Waals surface area contributed by atoms with Crippen LogP contribution < -0.4 is 4.72 Å². The van der Waals surface area contributed by atoms with Gasteiger partial charge in [0.25, 0.3) is 0 Å². The molecule has 0 radical (unpaired) electrons. The smallest absolute Gasteiger partial charge is 0.240 e. The zero-order valence-corrected chi connectivity index (χ0v) is 11.9. The fourth-order valence-electron chi connectivity index (χ4n) is 1.77. The summed E-state index contributed by atoms with van der Waals surface area (Å²) in [6, 6.07) is 8.02. The Morgan fingerprint density at radius 2 is 2.10 bits per heavy atom. The molecule has 0 aliphatic carbocycles. The van der Waals surface area contributed by atoms with Gasteiger partial charge >= 0.3 is 0 Å². The van der Waals surface area contributed by atoms with Gasteiger partial charge in [0.15, 0.2) is 0 Å². The maximum absolute atomic E-state index is 12.2. The van der Waals surface area contributed by atoms with Crippen molar-refractivity contribution in [2.24, 2.45) is 0 Å². The maximum atomic E-state index is 12.2. The Balaban J connectivity index is 2.17. The zero-order valence-electron chi connectivity index (χ0n) is 11.1. The highest BCUT2D eigenvalue weighted by Gasteiger charge is 2.14. The maximum Gasteiger partial charge on any atom is 0.240 e.